The number of carbonyl (C=O) groups is 1. The van der Waals surface area contributed by atoms with E-state index in [1.165, 1.54) is 0 Å². The van der Waals surface area contributed by atoms with Crippen molar-refractivity contribution in [1.82, 2.24) is 5.32 Å². The molecule has 0 aliphatic rings. The molecule has 3 aromatic rings. The Morgan fingerprint density at radius 2 is 1.93 bits per heavy atom. The van der Waals surface area contributed by atoms with Gasteiger partial charge in [-0.1, -0.05) is 42.5 Å². The highest BCUT2D eigenvalue weighted by atomic mass is 16.6. The summed E-state index contributed by atoms with van der Waals surface area (Å²) < 4.78 is 10.7. The summed E-state index contributed by atoms with van der Waals surface area (Å²) in [5.41, 5.74) is 4.63. The van der Waals surface area contributed by atoms with Crippen LogP contribution in [0.5, 0.6) is 0 Å². The average molecular weight is 367 g/mol. The van der Waals surface area contributed by atoms with E-state index in [9.17, 15) is 14.8 Å². The second-order valence-corrected chi connectivity index (χ2v) is 6.53. The van der Waals surface area contributed by atoms with E-state index in [-0.39, 0.29) is 18.7 Å². The van der Waals surface area contributed by atoms with E-state index < -0.39 is 13.5 Å². The fourth-order valence-electron chi connectivity index (χ4n) is 3.04. The Kier molecular flexibility index (Phi) is 5.96. The summed E-state index contributed by atoms with van der Waals surface area (Å²) in [5, 5.41) is 22.0. The Labute approximate surface area is 157 Å². The minimum Gasteiger partial charge on any atom is -0.464 e. The molecule has 0 unspecified atom stereocenters. The van der Waals surface area contributed by atoms with Crippen LogP contribution in [-0.2, 0) is 22.3 Å². The molecule has 0 aliphatic carbocycles. The summed E-state index contributed by atoms with van der Waals surface area (Å²) in [6.45, 7) is 3.99. The van der Waals surface area contributed by atoms with Crippen molar-refractivity contribution in [3.63, 3.8) is 0 Å². The van der Waals surface area contributed by atoms with Crippen LogP contribution >= 0.6 is 0 Å². The van der Waals surface area contributed by atoms with E-state index >= 15 is 0 Å². The van der Waals surface area contributed by atoms with Crippen LogP contribution < -0.4 is 5.32 Å². The molecule has 3 rings (SSSR count). The van der Waals surface area contributed by atoms with E-state index in [4.69, 9.17) is 9.07 Å². The smallest absolute Gasteiger partial charge is 0.464 e. The van der Waals surface area contributed by atoms with Gasteiger partial charge >= 0.3 is 7.32 Å². The predicted molar refractivity (Wildman–Crippen MR) is 103 cm³/mol. The molecule has 0 aliphatic heterocycles. The molecule has 1 aromatic heterocycles. The zero-order chi connectivity index (χ0) is 19.4. The van der Waals surface area contributed by atoms with Crippen LogP contribution in [0, 0.1) is 13.8 Å². The zero-order valence-electron chi connectivity index (χ0n) is 15.3. The highest BCUT2D eigenvalue weighted by Gasteiger charge is 2.22. The molecule has 0 saturated carbocycles. The van der Waals surface area contributed by atoms with Crippen LogP contribution in [0.4, 0.5) is 0 Å². The third kappa shape index (κ3) is 4.77. The largest absolute Gasteiger partial charge is 0.635 e. The average Bonchev–Trinajstić information content (AvgIpc) is 3.02. The maximum Gasteiger partial charge on any atom is 0.635 e. The van der Waals surface area contributed by atoms with E-state index in [0.29, 0.717) is 0 Å². The first kappa shape index (κ1) is 19.2. The number of fused-ring (bicyclic) bond motifs is 1. The minimum absolute atomic E-state index is 0.173. The number of rotatable bonds is 7. The lowest BCUT2D eigenvalue weighted by Gasteiger charge is -2.19. The topological polar surface area (TPSA) is 91.9 Å². The molecule has 1 atom stereocenters. The van der Waals surface area contributed by atoms with Gasteiger partial charge in [0.1, 0.15) is 11.8 Å². The molecule has 27 heavy (non-hydrogen) atoms. The van der Waals surface area contributed by atoms with Crippen molar-refractivity contribution in [2.45, 2.75) is 32.9 Å². The summed E-state index contributed by atoms with van der Waals surface area (Å²) in [5.74, 6) is -0.272. The van der Waals surface area contributed by atoms with Gasteiger partial charge in [-0.25, -0.2) is 0 Å². The Morgan fingerprint density at radius 1 is 1.19 bits per heavy atom. The molecule has 0 bridgehead atoms. The standard InChI is InChI=1S/C20H22BNO5/c1-13-8-9-17-16(12-26-20(17)14(13)2)11-19(27-21(24)25)22-18(23)10-15-6-4-3-5-7-15/h3-9,12,19,24-25H,10-11H2,1-2H3,(H,22,23)/t19-/m1/s1. The number of nitrogens with one attached hydrogen (secondary N) is 1. The lowest BCUT2D eigenvalue weighted by Crippen LogP contribution is -2.43. The predicted octanol–water partition coefficient (Wildman–Crippen LogP) is 2.26. The lowest BCUT2D eigenvalue weighted by molar-refractivity contribution is -0.123. The molecule has 0 spiro atoms. The number of carbonyl (C=O) groups excluding carboxylic acids is 1. The fraction of sp³-hybridized carbons (Fsp3) is 0.250. The van der Waals surface area contributed by atoms with Crippen LogP contribution in [0.2, 0.25) is 0 Å². The second kappa shape index (κ2) is 8.39. The molecule has 0 fully saturated rings. The summed E-state index contributed by atoms with van der Waals surface area (Å²) in [4.78, 5) is 12.3. The van der Waals surface area contributed by atoms with Crippen LogP contribution in [0.1, 0.15) is 22.3 Å². The van der Waals surface area contributed by atoms with Crippen molar-refractivity contribution in [3.8, 4) is 0 Å². The number of hydrogen-bond acceptors (Lipinski definition) is 5. The van der Waals surface area contributed by atoms with Crippen LogP contribution in [0.25, 0.3) is 11.0 Å². The molecule has 3 N–H and O–H groups in total. The molecule has 0 saturated heterocycles. The molecule has 1 heterocycles. The number of benzene rings is 2. The van der Waals surface area contributed by atoms with E-state index in [2.05, 4.69) is 5.32 Å². The van der Waals surface area contributed by atoms with Gasteiger partial charge < -0.3 is 24.4 Å². The number of hydrogen-bond donors (Lipinski definition) is 3. The van der Waals surface area contributed by atoms with E-state index in [1.807, 2.05) is 56.3 Å². The maximum atomic E-state index is 12.3. The van der Waals surface area contributed by atoms with E-state index in [1.54, 1.807) is 6.26 Å². The SMILES string of the molecule is Cc1ccc2c(C[C@H](NC(=O)Cc3ccccc3)OB(O)O)coc2c1C. The van der Waals surface area contributed by atoms with Gasteiger partial charge in [-0.3, -0.25) is 4.79 Å². The zero-order valence-corrected chi connectivity index (χ0v) is 15.3. The van der Waals surface area contributed by atoms with Crippen molar-refractivity contribution < 1.29 is 23.9 Å². The first-order chi connectivity index (χ1) is 12.9. The normalized spacial score (nSPS) is 12.1. The minimum atomic E-state index is -1.99. The maximum absolute atomic E-state index is 12.3. The third-order valence-electron chi connectivity index (χ3n) is 4.56. The lowest BCUT2D eigenvalue weighted by atomic mass is 10.0. The summed E-state index contributed by atoms with van der Waals surface area (Å²) in [7, 11) is -1.99. The van der Waals surface area contributed by atoms with Crippen LogP contribution in [0.3, 0.4) is 0 Å². The molecule has 2 aromatic carbocycles. The first-order valence-corrected chi connectivity index (χ1v) is 8.75. The molecular formula is C20H22BNO5. The third-order valence-corrected chi connectivity index (χ3v) is 4.56. The van der Waals surface area contributed by atoms with Crippen molar-refractivity contribution in [3.05, 3.63) is 71.0 Å². The van der Waals surface area contributed by atoms with Gasteiger partial charge in [0.2, 0.25) is 5.91 Å². The number of aryl methyl sites for hydroxylation is 2. The second-order valence-electron chi connectivity index (χ2n) is 6.53. The van der Waals surface area contributed by atoms with Crippen LogP contribution in [-0.4, -0.2) is 29.5 Å². The molecule has 1 amide bonds. The van der Waals surface area contributed by atoms with Crippen molar-refractivity contribution >= 4 is 24.2 Å². The van der Waals surface area contributed by atoms with Crippen LogP contribution in [0.15, 0.2) is 53.1 Å². The van der Waals surface area contributed by atoms with Gasteiger partial charge in [0.15, 0.2) is 0 Å². The molecular weight excluding hydrogens is 345 g/mol. The Balaban J connectivity index is 1.75. The number of amides is 1. The van der Waals surface area contributed by atoms with Gasteiger partial charge in [-0.15, -0.1) is 0 Å². The van der Waals surface area contributed by atoms with Crippen molar-refractivity contribution in [2.24, 2.45) is 0 Å². The Bertz CT molecular complexity index is 923. The van der Waals surface area contributed by atoms with Gasteiger partial charge in [0.25, 0.3) is 0 Å². The van der Waals surface area contributed by atoms with Crippen molar-refractivity contribution in [2.75, 3.05) is 0 Å². The summed E-state index contributed by atoms with van der Waals surface area (Å²) in [6, 6.07) is 13.3. The molecule has 140 valence electrons. The van der Waals surface area contributed by atoms with E-state index in [0.717, 1.165) is 33.2 Å². The van der Waals surface area contributed by atoms with Crippen molar-refractivity contribution in [1.29, 1.82) is 0 Å². The number of furan rings is 1. The highest BCUT2D eigenvalue weighted by molar-refractivity contribution is 6.32. The van der Waals surface area contributed by atoms with Gasteiger partial charge in [0.05, 0.1) is 12.7 Å². The van der Waals surface area contributed by atoms with Gasteiger partial charge in [-0.05, 0) is 30.5 Å². The quantitative estimate of drug-likeness (QED) is 0.440. The summed E-state index contributed by atoms with van der Waals surface area (Å²) in [6.07, 6.45) is 1.13. The molecule has 7 heteroatoms. The monoisotopic (exact) mass is 367 g/mol. The van der Waals surface area contributed by atoms with Gasteiger partial charge in [0, 0.05) is 17.4 Å². The molecule has 6 nitrogen and oxygen atoms in total. The Hall–Kier alpha value is -2.61. The first-order valence-electron chi connectivity index (χ1n) is 8.75. The fourth-order valence-corrected chi connectivity index (χ4v) is 3.04. The summed E-state index contributed by atoms with van der Waals surface area (Å²) >= 11 is 0. The van der Waals surface area contributed by atoms with Gasteiger partial charge in [-0.2, -0.15) is 0 Å². The Morgan fingerprint density at radius 3 is 2.63 bits per heavy atom. The highest BCUT2D eigenvalue weighted by Crippen LogP contribution is 2.27. The molecule has 0 radical (unpaired) electrons.